The van der Waals surface area contributed by atoms with Gasteiger partial charge in [0.25, 0.3) is 0 Å². The lowest BCUT2D eigenvalue weighted by Crippen LogP contribution is -2.48. The summed E-state index contributed by atoms with van der Waals surface area (Å²) in [5.74, 6) is 0.489. The van der Waals surface area contributed by atoms with E-state index < -0.39 is 0 Å². The highest BCUT2D eigenvalue weighted by molar-refractivity contribution is 6.20. The van der Waals surface area contributed by atoms with Gasteiger partial charge in [0, 0.05) is 6.54 Å². The molecule has 17 heavy (non-hydrogen) atoms. The van der Waals surface area contributed by atoms with Crippen molar-refractivity contribution in [1.82, 2.24) is 10.2 Å². The molecule has 1 saturated carbocycles. The van der Waals surface area contributed by atoms with E-state index in [9.17, 15) is 0 Å². The second-order valence-corrected chi connectivity index (χ2v) is 5.29. The van der Waals surface area contributed by atoms with E-state index in [1.165, 1.54) is 6.42 Å². The Bertz CT molecular complexity index is 396. The van der Waals surface area contributed by atoms with Crippen LogP contribution >= 0.6 is 11.6 Å². The Balaban J connectivity index is 1.81. The summed E-state index contributed by atoms with van der Waals surface area (Å²) in [6, 6.07) is 0.982. The van der Waals surface area contributed by atoms with Gasteiger partial charge in [-0.3, -0.25) is 0 Å². The van der Waals surface area contributed by atoms with Gasteiger partial charge in [0.05, 0.1) is 18.8 Å². The van der Waals surface area contributed by atoms with Crippen molar-refractivity contribution < 1.29 is 9.15 Å². The minimum Gasteiger partial charge on any atom is -0.406 e. The van der Waals surface area contributed by atoms with Crippen LogP contribution in [0.25, 0.3) is 0 Å². The fraction of sp³-hybridized carbons (Fsp3) is 0.818. The highest BCUT2D eigenvalue weighted by Crippen LogP contribution is 2.33. The first-order chi connectivity index (χ1) is 8.25. The van der Waals surface area contributed by atoms with Crippen LogP contribution in [0.4, 0.5) is 6.01 Å². The molecular formula is C11H16ClN3O2. The molecule has 3 atom stereocenters. The molecule has 2 fully saturated rings. The summed E-state index contributed by atoms with van der Waals surface area (Å²) in [4.78, 5) is 2.18. The van der Waals surface area contributed by atoms with Crippen LogP contribution in [0.1, 0.15) is 37.5 Å². The van der Waals surface area contributed by atoms with Crippen LogP contribution in [0.3, 0.4) is 0 Å². The summed E-state index contributed by atoms with van der Waals surface area (Å²) in [7, 11) is 0. The molecule has 94 valence electrons. The third kappa shape index (κ3) is 2.02. The Morgan fingerprint density at radius 1 is 1.41 bits per heavy atom. The smallest absolute Gasteiger partial charge is 0.318 e. The lowest BCUT2D eigenvalue weighted by atomic mass is 10.1. The molecule has 1 aliphatic carbocycles. The van der Waals surface area contributed by atoms with Crippen LogP contribution in [0.15, 0.2) is 4.42 Å². The molecule has 2 heterocycles. The average molecular weight is 258 g/mol. The first-order valence-electron chi connectivity index (χ1n) is 6.11. The number of ether oxygens (including phenoxy) is 1. The third-order valence-electron chi connectivity index (χ3n) is 3.50. The van der Waals surface area contributed by atoms with Crippen LogP contribution in [-0.2, 0) is 4.74 Å². The predicted octanol–water partition coefficient (Wildman–Crippen LogP) is 2.13. The minimum absolute atomic E-state index is 0.239. The Labute approximate surface area is 105 Å². The van der Waals surface area contributed by atoms with Crippen molar-refractivity contribution in [2.45, 2.75) is 43.7 Å². The second kappa shape index (κ2) is 4.46. The average Bonchev–Trinajstić information content (AvgIpc) is 2.97. The lowest BCUT2D eigenvalue weighted by Gasteiger charge is -2.36. The number of nitrogens with zero attached hydrogens (tertiary/aromatic N) is 3. The summed E-state index contributed by atoms with van der Waals surface area (Å²) >= 11 is 5.93. The van der Waals surface area contributed by atoms with Crippen molar-refractivity contribution in [3.63, 3.8) is 0 Å². The van der Waals surface area contributed by atoms with Gasteiger partial charge in [-0.15, -0.1) is 16.7 Å². The van der Waals surface area contributed by atoms with Crippen LogP contribution in [-0.4, -0.2) is 35.5 Å². The second-order valence-electron chi connectivity index (χ2n) is 4.64. The Hall–Kier alpha value is -0.810. The fourth-order valence-corrected chi connectivity index (χ4v) is 2.75. The lowest BCUT2D eigenvalue weighted by molar-refractivity contribution is 0.0235. The maximum Gasteiger partial charge on any atom is 0.318 e. The number of halogens is 1. The molecule has 0 N–H and O–H groups in total. The number of hydrogen-bond donors (Lipinski definition) is 0. The van der Waals surface area contributed by atoms with Crippen LogP contribution in [0.2, 0.25) is 0 Å². The third-order valence-corrected chi connectivity index (χ3v) is 3.68. The molecule has 0 spiro atoms. The van der Waals surface area contributed by atoms with Crippen LogP contribution < -0.4 is 4.90 Å². The SMILES string of the molecule is CC(Cl)c1nnc(N2CCOC3CCCC32)o1. The van der Waals surface area contributed by atoms with Crippen molar-refractivity contribution in [3.05, 3.63) is 5.89 Å². The summed E-state index contributed by atoms with van der Waals surface area (Å²) in [6.45, 7) is 3.38. The van der Waals surface area contributed by atoms with Gasteiger partial charge < -0.3 is 14.1 Å². The molecule has 1 saturated heterocycles. The fourth-order valence-electron chi connectivity index (χ4n) is 2.67. The number of alkyl halides is 1. The minimum atomic E-state index is -0.239. The topological polar surface area (TPSA) is 51.4 Å². The monoisotopic (exact) mass is 257 g/mol. The number of morpholine rings is 1. The van der Waals surface area contributed by atoms with Gasteiger partial charge in [-0.1, -0.05) is 5.10 Å². The maximum absolute atomic E-state index is 5.93. The summed E-state index contributed by atoms with van der Waals surface area (Å²) in [6.07, 6.45) is 3.80. The number of hydrogen-bond acceptors (Lipinski definition) is 5. The van der Waals surface area contributed by atoms with E-state index in [1.54, 1.807) is 0 Å². The quantitative estimate of drug-likeness (QED) is 0.760. The van der Waals surface area contributed by atoms with E-state index in [2.05, 4.69) is 15.1 Å². The van der Waals surface area contributed by atoms with E-state index in [0.717, 1.165) is 26.0 Å². The number of anilines is 1. The van der Waals surface area contributed by atoms with E-state index >= 15 is 0 Å². The first kappa shape index (κ1) is 11.3. The molecule has 3 rings (SSSR count). The highest BCUT2D eigenvalue weighted by Gasteiger charge is 2.38. The normalized spacial score (nSPS) is 30.4. The zero-order valence-electron chi connectivity index (χ0n) is 9.80. The molecular weight excluding hydrogens is 242 g/mol. The Morgan fingerprint density at radius 2 is 2.29 bits per heavy atom. The molecule has 0 radical (unpaired) electrons. The molecule has 0 bridgehead atoms. The zero-order valence-corrected chi connectivity index (χ0v) is 10.6. The van der Waals surface area contributed by atoms with Crippen molar-refractivity contribution in [3.8, 4) is 0 Å². The van der Waals surface area contributed by atoms with E-state index in [1.807, 2.05) is 6.92 Å². The van der Waals surface area contributed by atoms with E-state index in [0.29, 0.717) is 24.1 Å². The zero-order chi connectivity index (χ0) is 11.8. The predicted molar refractivity (Wildman–Crippen MR) is 63.3 cm³/mol. The molecule has 1 aromatic heterocycles. The molecule has 0 aromatic carbocycles. The Morgan fingerprint density at radius 3 is 3.06 bits per heavy atom. The number of aromatic nitrogens is 2. The van der Waals surface area contributed by atoms with Gasteiger partial charge in [-0.05, 0) is 26.2 Å². The molecule has 5 nitrogen and oxygen atoms in total. The highest BCUT2D eigenvalue weighted by atomic mass is 35.5. The van der Waals surface area contributed by atoms with Crippen molar-refractivity contribution in [1.29, 1.82) is 0 Å². The van der Waals surface area contributed by atoms with Gasteiger partial charge >= 0.3 is 6.01 Å². The van der Waals surface area contributed by atoms with Gasteiger partial charge in [-0.2, -0.15) is 0 Å². The molecule has 1 aliphatic heterocycles. The number of rotatable bonds is 2. The standard InChI is InChI=1S/C11H16ClN3O2/c1-7(12)10-13-14-11(17-10)15-5-6-16-9-4-2-3-8(9)15/h7-9H,2-6H2,1H3. The molecule has 0 amide bonds. The van der Waals surface area contributed by atoms with Gasteiger partial charge in [0.1, 0.15) is 5.38 Å². The van der Waals surface area contributed by atoms with Crippen LogP contribution in [0.5, 0.6) is 0 Å². The molecule has 1 aromatic rings. The van der Waals surface area contributed by atoms with Gasteiger partial charge in [-0.25, -0.2) is 0 Å². The van der Waals surface area contributed by atoms with Crippen molar-refractivity contribution in [2.75, 3.05) is 18.1 Å². The van der Waals surface area contributed by atoms with Gasteiger partial charge in [0.15, 0.2) is 0 Å². The van der Waals surface area contributed by atoms with Crippen molar-refractivity contribution in [2.24, 2.45) is 0 Å². The van der Waals surface area contributed by atoms with Crippen LogP contribution in [0, 0.1) is 0 Å². The van der Waals surface area contributed by atoms with E-state index in [-0.39, 0.29) is 5.38 Å². The summed E-state index contributed by atoms with van der Waals surface area (Å²) in [5, 5.41) is 7.83. The largest absolute Gasteiger partial charge is 0.406 e. The van der Waals surface area contributed by atoms with E-state index in [4.69, 9.17) is 20.8 Å². The Kier molecular flexibility index (Phi) is 2.96. The molecule has 3 unspecified atom stereocenters. The molecule has 6 heteroatoms. The summed E-state index contributed by atoms with van der Waals surface area (Å²) < 4.78 is 11.4. The van der Waals surface area contributed by atoms with Gasteiger partial charge in [0.2, 0.25) is 5.89 Å². The summed E-state index contributed by atoms with van der Waals surface area (Å²) in [5.41, 5.74) is 0. The first-order valence-corrected chi connectivity index (χ1v) is 6.55. The molecule has 2 aliphatic rings. The number of fused-ring (bicyclic) bond motifs is 1. The maximum atomic E-state index is 5.93. The van der Waals surface area contributed by atoms with Crippen molar-refractivity contribution >= 4 is 17.6 Å².